The molecule has 0 aliphatic rings. The van der Waals surface area contributed by atoms with Crippen molar-refractivity contribution < 1.29 is 17.6 Å². The zero-order valence-corrected chi connectivity index (χ0v) is 14.4. The van der Waals surface area contributed by atoms with E-state index in [4.69, 9.17) is 0 Å². The van der Waals surface area contributed by atoms with E-state index in [1.54, 1.807) is 7.05 Å². The third-order valence-corrected chi connectivity index (χ3v) is 4.33. The summed E-state index contributed by atoms with van der Waals surface area (Å²) in [6, 6.07) is 6.66. The molecule has 2 aromatic heterocycles. The van der Waals surface area contributed by atoms with E-state index in [9.17, 15) is 22.4 Å². The van der Waals surface area contributed by atoms with Gasteiger partial charge in [-0.3, -0.25) is 4.79 Å². The molecule has 0 spiro atoms. The molecule has 0 amide bonds. The first-order valence-electron chi connectivity index (χ1n) is 8.18. The molecule has 5 nitrogen and oxygen atoms in total. The number of hydrogen-bond acceptors (Lipinski definition) is 3. The first-order chi connectivity index (χ1) is 13.3. The number of nitrogens with zero attached hydrogens (tertiary/aromatic N) is 3. The molecule has 0 saturated carbocycles. The summed E-state index contributed by atoms with van der Waals surface area (Å²) < 4.78 is 55.5. The van der Waals surface area contributed by atoms with E-state index < -0.39 is 34.4 Å². The largest absolute Gasteiger partial charge is 0.312 e. The highest BCUT2D eigenvalue weighted by Crippen LogP contribution is 2.22. The van der Waals surface area contributed by atoms with E-state index in [0.717, 1.165) is 0 Å². The SMILES string of the molecule is Cn1c(-c2ccc(F)cc2)nc2c(=O)[nH]c(Cc3c(F)cc(F)cc3F)nc21. The van der Waals surface area contributed by atoms with Crippen LogP contribution in [0.15, 0.2) is 41.2 Å². The summed E-state index contributed by atoms with van der Waals surface area (Å²) in [6.45, 7) is 0. The molecule has 0 bridgehead atoms. The molecule has 0 fully saturated rings. The number of fused-ring (bicyclic) bond motifs is 1. The Kier molecular flexibility index (Phi) is 4.21. The standard InChI is InChI=1S/C19H12F4N4O/c1-27-17(9-2-4-10(20)5-3-9)26-16-18(27)24-15(25-19(16)28)8-12-13(22)6-11(21)7-14(12)23/h2-7H,8H2,1H3,(H,24,25,28). The van der Waals surface area contributed by atoms with Crippen molar-refractivity contribution in [1.29, 1.82) is 0 Å². The van der Waals surface area contributed by atoms with Crippen molar-refractivity contribution in [2.45, 2.75) is 6.42 Å². The predicted molar refractivity (Wildman–Crippen MR) is 93.6 cm³/mol. The number of nitrogens with one attached hydrogen (secondary N) is 1. The number of benzene rings is 2. The van der Waals surface area contributed by atoms with Gasteiger partial charge in [0.15, 0.2) is 11.2 Å². The predicted octanol–water partition coefficient (Wildman–Crippen LogP) is 3.47. The summed E-state index contributed by atoms with van der Waals surface area (Å²) in [6.07, 6.45) is -0.375. The second-order valence-electron chi connectivity index (χ2n) is 6.21. The minimum Gasteiger partial charge on any atom is -0.312 e. The maximum Gasteiger partial charge on any atom is 0.279 e. The molecule has 0 aliphatic heterocycles. The van der Waals surface area contributed by atoms with E-state index in [1.807, 2.05) is 0 Å². The van der Waals surface area contributed by atoms with Crippen LogP contribution in [0.1, 0.15) is 11.4 Å². The minimum absolute atomic E-state index is 0.00411. The Morgan fingerprint density at radius 3 is 2.25 bits per heavy atom. The van der Waals surface area contributed by atoms with Crippen LogP contribution in [0.2, 0.25) is 0 Å². The van der Waals surface area contributed by atoms with E-state index in [2.05, 4.69) is 15.0 Å². The molecular weight excluding hydrogens is 376 g/mol. The van der Waals surface area contributed by atoms with Crippen molar-refractivity contribution in [1.82, 2.24) is 19.5 Å². The van der Waals surface area contributed by atoms with Crippen LogP contribution in [0.4, 0.5) is 17.6 Å². The number of rotatable bonds is 3. The highest BCUT2D eigenvalue weighted by Gasteiger charge is 2.18. The van der Waals surface area contributed by atoms with E-state index in [1.165, 1.54) is 28.8 Å². The van der Waals surface area contributed by atoms with E-state index >= 15 is 0 Å². The van der Waals surface area contributed by atoms with Crippen LogP contribution in [-0.2, 0) is 13.5 Å². The third-order valence-electron chi connectivity index (χ3n) is 4.33. The molecule has 0 aliphatic carbocycles. The van der Waals surface area contributed by atoms with Gasteiger partial charge in [-0.1, -0.05) is 0 Å². The Morgan fingerprint density at radius 2 is 1.61 bits per heavy atom. The maximum atomic E-state index is 13.9. The Balaban J connectivity index is 1.82. The van der Waals surface area contributed by atoms with Crippen molar-refractivity contribution in [2.24, 2.45) is 7.05 Å². The Bertz CT molecular complexity index is 1240. The molecule has 1 N–H and O–H groups in total. The first-order valence-corrected chi connectivity index (χ1v) is 8.18. The average Bonchev–Trinajstić information content (AvgIpc) is 2.96. The van der Waals surface area contributed by atoms with Crippen LogP contribution in [0.3, 0.4) is 0 Å². The summed E-state index contributed by atoms with van der Waals surface area (Å²) in [5, 5.41) is 0. The van der Waals surface area contributed by atoms with Gasteiger partial charge in [-0.05, 0) is 24.3 Å². The number of H-pyrrole nitrogens is 1. The van der Waals surface area contributed by atoms with Crippen LogP contribution in [0.5, 0.6) is 0 Å². The fraction of sp³-hybridized carbons (Fsp3) is 0.105. The van der Waals surface area contributed by atoms with Crippen molar-refractivity contribution in [3.63, 3.8) is 0 Å². The maximum absolute atomic E-state index is 13.9. The molecular formula is C19H12F4N4O. The normalized spacial score (nSPS) is 11.3. The van der Waals surface area contributed by atoms with Gasteiger partial charge in [0.25, 0.3) is 5.56 Å². The second kappa shape index (κ2) is 6.59. The fourth-order valence-corrected chi connectivity index (χ4v) is 2.97. The Hall–Kier alpha value is -3.49. The fourth-order valence-electron chi connectivity index (χ4n) is 2.97. The molecule has 0 radical (unpaired) electrons. The van der Waals surface area contributed by atoms with Crippen LogP contribution >= 0.6 is 0 Å². The summed E-state index contributed by atoms with van der Waals surface area (Å²) in [4.78, 5) is 23.3. The molecule has 0 saturated heterocycles. The van der Waals surface area contributed by atoms with Crippen LogP contribution in [0, 0.1) is 23.3 Å². The van der Waals surface area contributed by atoms with Gasteiger partial charge in [0.1, 0.15) is 34.9 Å². The minimum atomic E-state index is -1.07. The first kappa shape index (κ1) is 17.9. The summed E-state index contributed by atoms with van der Waals surface area (Å²) in [5.74, 6) is -3.22. The van der Waals surface area contributed by atoms with Gasteiger partial charge in [-0.25, -0.2) is 27.5 Å². The molecule has 2 heterocycles. The van der Waals surface area contributed by atoms with Gasteiger partial charge in [0, 0.05) is 36.7 Å². The average molecular weight is 388 g/mol. The van der Waals surface area contributed by atoms with Gasteiger partial charge < -0.3 is 9.55 Å². The highest BCUT2D eigenvalue weighted by molar-refractivity contribution is 5.76. The van der Waals surface area contributed by atoms with Crippen LogP contribution < -0.4 is 5.56 Å². The number of aryl methyl sites for hydroxylation is 1. The quantitative estimate of drug-likeness (QED) is 0.547. The number of aromatic nitrogens is 4. The van der Waals surface area contributed by atoms with Gasteiger partial charge in [-0.15, -0.1) is 0 Å². The zero-order valence-electron chi connectivity index (χ0n) is 14.4. The van der Waals surface area contributed by atoms with Crippen molar-refractivity contribution in [2.75, 3.05) is 0 Å². The Morgan fingerprint density at radius 1 is 0.964 bits per heavy atom. The van der Waals surface area contributed by atoms with Gasteiger partial charge in [0.2, 0.25) is 0 Å². The number of halogens is 4. The van der Waals surface area contributed by atoms with Gasteiger partial charge in [0.05, 0.1) is 0 Å². The molecule has 4 aromatic rings. The van der Waals surface area contributed by atoms with Crippen LogP contribution in [0.25, 0.3) is 22.6 Å². The lowest BCUT2D eigenvalue weighted by Crippen LogP contribution is -2.14. The molecule has 0 atom stereocenters. The van der Waals surface area contributed by atoms with E-state index in [0.29, 0.717) is 23.5 Å². The van der Waals surface area contributed by atoms with Gasteiger partial charge >= 0.3 is 0 Å². The lowest BCUT2D eigenvalue weighted by molar-refractivity contribution is 0.526. The van der Waals surface area contributed by atoms with Crippen molar-refractivity contribution in [3.05, 3.63) is 81.4 Å². The lowest BCUT2D eigenvalue weighted by atomic mass is 10.1. The summed E-state index contributed by atoms with van der Waals surface area (Å²) in [7, 11) is 1.61. The number of imidazole rings is 1. The third kappa shape index (κ3) is 3.04. The molecule has 4 rings (SSSR count). The molecule has 142 valence electrons. The topological polar surface area (TPSA) is 63.6 Å². The van der Waals surface area contributed by atoms with Crippen LogP contribution in [-0.4, -0.2) is 19.5 Å². The van der Waals surface area contributed by atoms with Crippen molar-refractivity contribution in [3.8, 4) is 11.4 Å². The summed E-state index contributed by atoms with van der Waals surface area (Å²) in [5.41, 5.74) is -0.207. The molecule has 9 heteroatoms. The summed E-state index contributed by atoms with van der Waals surface area (Å²) >= 11 is 0. The highest BCUT2D eigenvalue weighted by atomic mass is 19.1. The van der Waals surface area contributed by atoms with Crippen molar-refractivity contribution >= 4 is 11.2 Å². The van der Waals surface area contributed by atoms with E-state index in [-0.39, 0.29) is 23.4 Å². The lowest BCUT2D eigenvalue weighted by Gasteiger charge is -2.06. The Labute approximate surface area is 155 Å². The molecule has 0 unspecified atom stereocenters. The number of aromatic amines is 1. The molecule has 2 aromatic carbocycles. The second-order valence-corrected chi connectivity index (χ2v) is 6.21. The monoisotopic (exact) mass is 388 g/mol. The smallest absolute Gasteiger partial charge is 0.279 e. The zero-order chi connectivity index (χ0) is 20.0. The number of hydrogen-bond donors (Lipinski definition) is 1. The van der Waals surface area contributed by atoms with Gasteiger partial charge in [-0.2, -0.15) is 0 Å². The molecule has 28 heavy (non-hydrogen) atoms.